The first kappa shape index (κ1) is 24.8. The average Bonchev–Trinajstić information content (AvgIpc) is 3.06. The largest absolute Gasteiger partial charge is 0.507 e. The summed E-state index contributed by atoms with van der Waals surface area (Å²) in [5, 5.41) is 11.7. The Bertz CT molecular complexity index is 1060. The lowest BCUT2D eigenvalue weighted by Crippen LogP contribution is -2.38. The Balaban J connectivity index is 2.14. The van der Waals surface area contributed by atoms with Crippen LogP contribution < -0.4 is 4.74 Å². The van der Waals surface area contributed by atoms with Crippen LogP contribution in [0.2, 0.25) is 5.02 Å². The van der Waals surface area contributed by atoms with Gasteiger partial charge in [-0.15, -0.1) is 0 Å². The third-order valence-electron chi connectivity index (χ3n) is 6.08. The number of benzene rings is 2. The lowest BCUT2D eigenvalue weighted by atomic mass is 9.92. The minimum Gasteiger partial charge on any atom is -0.507 e. The first-order valence-corrected chi connectivity index (χ1v) is 11.7. The molecule has 1 saturated heterocycles. The highest BCUT2D eigenvalue weighted by Crippen LogP contribution is 2.41. The van der Waals surface area contributed by atoms with E-state index in [1.807, 2.05) is 38.1 Å². The van der Waals surface area contributed by atoms with Gasteiger partial charge in [0, 0.05) is 18.7 Å². The molecule has 2 aromatic carbocycles. The molecule has 0 aliphatic carbocycles. The van der Waals surface area contributed by atoms with Crippen LogP contribution in [0.4, 0.5) is 0 Å². The van der Waals surface area contributed by atoms with Gasteiger partial charge in [-0.2, -0.15) is 0 Å². The van der Waals surface area contributed by atoms with Crippen molar-refractivity contribution in [3.8, 4) is 5.75 Å². The second kappa shape index (κ2) is 10.9. The molecular weight excluding hydrogens is 440 g/mol. The number of amides is 1. The zero-order valence-corrected chi connectivity index (χ0v) is 20.4. The lowest BCUT2D eigenvalue weighted by Gasteiger charge is -2.29. The number of hydrogen-bond donors (Lipinski definition) is 1. The molecule has 1 fully saturated rings. The molecule has 6 nitrogen and oxygen atoms in total. The van der Waals surface area contributed by atoms with Gasteiger partial charge in [0.2, 0.25) is 0 Å². The number of hydrogen-bond acceptors (Lipinski definition) is 5. The molecular formula is C26H31ClN2O4. The Morgan fingerprint density at radius 1 is 1.12 bits per heavy atom. The summed E-state index contributed by atoms with van der Waals surface area (Å²) in [6.45, 7) is 11.0. The first-order valence-electron chi connectivity index (χ1n) is 11.3. The summed E-state index contributed by atoms with van der Waals surface area (Å²) in [7, 11) is 0. The van der Waals surface area contributed by atoms with Crippen molar-refractivity contribution >= 4 is 29.1 Å². The molecule has 1 heterocycles. The summed E-state index contributed by atoms with van der Waals surface area (Å²) in [5.74, 6) is -1.11. The van der Waals surface area contributed by atoms with Gasteiger partial charge in [0.05, 0.1) is 23.2 Å². The fraction of sp³-hybridized carbons (Fsp3) is 0.385. The van der Waals surface area contributed by atoms with Crippen molar-refractivity contribution in [2.45, 2.75) is 33.7 Å². The van der Waals surface area contributed by atoms with Crippen molar-refractivity contribution in [3.05, 3.63) is 69.8 Å². The van der Waals surface area contributed by atoms with Gasteiger partial charge >= 0.3 is 0 Å². The molecule has 1 aliphatic heterocycles. The van der Waals surface area contributed by atoms with Crippen LogP contribution >= 0.6 is 11.6 Å². The standard InChI is InChI=1S/C26H31ClN2O4/c1-5-28(6-2)14-15-29-23(19-11-9-8-10-17(19)4)22(25(31)26(29)32)24(30)18-12-13-20(27)21(16-18)33-7-3/h8-13,16,23,30H,5-7,14-15H2,1-4H3/b24-22+. The van der Waals surface area contributed by atoms with Crippen molar-refractivity contribution < 1.29 is 19.4 Å². The molecule has 1 N–H and O–H groups in total. The Morgan fingerprint density at radius 3 is 2.45 bits per heavy atom. The molecule has 0 bridgehead atoms. The Labute approximate surface area is 200 Å². The second-order valence-electron chi connectivity index (χ2n) is 7.95. The van der Waals surface area contributed by atoms with Crippen LogP contribution in [0.25, 0.3) is 5.76 Å². The highest BCUT2D eigenvalue weighted by atomic mass is 35.5. The molecule has 0 saturated carbocycles. The number of ketones is 1. The zero-order valence-electron chi connectivity index (χ0n) is 19.6. The van der Waals surface area contributed by atoms with Gasteiger partial charge in [0.1, 0.15) is 11.5 Å². The molecule has 33 heavy (non-hydrogen) atoms. The van der Waals surface area contributed by atoms with E-state index in [-0.39, 0.29) is 11.3 Å². The van der Waals surface area contributed by atoms with Crippen LogP contribution in [0.1, 0.15) is 43.5 Å². The van der Waals surface area contributed by atoms with Crippen molar-refractivity contribution in [1.82, 2.24) is 9.80 Å². The van der Waals surface area contributed by atoms with Crippen LogP contribution in [0, 0.1) is 6.92 Å². The number of rotatable bonds is 9. The summed E-state index contributed by atoms with van der Waals surface area (Å²) in [6.07, 6.45) is 0. The summed E-state index contributed by atoms with van der Waals surface area (Å²) in [5.41, 5.74) is 2.22. The van der Waals surface area contributed by atoms with E-state index < -0.39 is 17.7 Å². The van der Waals surface area contributed by atoms with Gasteiger partial charge in [0.25, 0.3) is 11.7 Å². The number of carbonyl (C=O) groups excluding carboxylic acids is 2. The van der Waals surface area contributed by atoms with Crippen molar-refractivity contribution in [3.63, 3.8) is 0 Å². The van der Waals surface area contributed by atoms with E-state index in [4.69, 9.17) is 16.3 Å². The number of likely N-dealkylation sites (tertiary alicyclic amines) is 1. The number of aryl methyl sites for hydroxylation is 1. The molecule has 1 aliphatic rings. The van der Waals surface area contributed by atoms with E-state index in [0.717, 1.165) is 24.2 Å². The van der Waals surface area contributed by atoms with E-state index in [9.17, 15) is 14.7 Å². The van der Waals surface area contributed by atoms with E-state index in [0.29, 0.717) is 36.0 Å². The van der Waals surface area contributed by atoms with Crippen LogP contribution in [-0.4, -0.2) is 59.4 Å². The second-order valence-corrected chi connectivity index (χ2v) is 8.36. The molecule has 176 valence electrons. The maximum absolute atomic E-state index is 13.2. The molecule has 1 amide bonds. The number of Topliss-reactive ketones (excluding diaryl/α,β-unsaturated/α-hetero) is 1. The zero-order chi connectivity index (χ0) is 24.1. The van der Waals surface area contributed by atoms with Crippen LogP contribution in [0.15, 0.2) is 48.0 Å². The number of aliphatic hydroxyl groups excluding tert-OH is 1. The summed E-state index contributed by atoms with van der Waals surface area (Å²) < 4.78 is 5.55. The van der Waals surface area contributed by atoms with E-state index in [1.165, 1.54) is 0 Å². The van der Waals surface area contributed by atoms with Crippen LogP contribution in [0.3, 0.4) is 0 Å². The monoisotopic (exact) mass is 470 g/mol. The molecule has 2 aromatic rings. The molecule has 3 rings (SSSR count). The normalized spacial score (nSPS) is 17.8. The third-order valence-corrected chi connectivity index (χ3v) is 6.39. The predicted molar refractivity (Wildman–Crippen MR) is 131 cm³/mol. The highest BCUT2D eigenvalue weighted by Gasteiger charge is 2.46. The fourth-order valence-corrected chi connectivity index (χ4v) is 4.36. The Morgan fingerprint density at radius 2 is 1.82 bits per heavy atom. The van der Waals surface area contributed by atoms with E-state index >= 15 is 0 Å². The minimum absolute atomic E-state index is 0.0821. The molecule has 1 atom stereocenters. The summed E-state index contributed by atoms with van der Waals surface area (Å²) >= 11 is 6.20. The Hall–Kier alpha value is -2.83. The van der Waals surface area contributed by atoms with E-state index in [2.05, 4.69) is 18.7 Å². The lowest BCUT2D eigenvalue weighted by molar-refractivity contribution is -0.140. The number of nitrogens with zero attached hydrogens (tertiary/aromatic N) is 2. The number of halogens is 1. The highest BCUT2D eigenvalue weighted by molar-refractivity contribution is 6.46. The average molecular weight is 471 g/mol. The van der Waals surface area contributed by atoms with Gasteiger partial charge in [0.15, 0.2) is 0 Å². The fourth-order valence-electron chi connectivity index (χ4n) is 4.19. The number of carbonyl (C=O) groups is 2. The Kier molecular flexibility index (Phi) is 8.16. The van der Waals surface area contributed by atoms with Crippen LogP contribution in [0.5, 0.6) is 5.75 Å². The topological polar surface area (TPSA) is 70.1 Å². The predicted octanol–water partition coefficient (Wildman–Crippen LogP) is 4.81. The molecule has 7 heteroatoms. The molecule has 0 aromatic heterocycles. The molecule has 1 unspecified atom stereocenters. The maximum Gasteiger partial charge on any atom is 0.295 e. The van der Waals surface area contributed by atoms with Crippen molar-refractivity contribution in [2.75, 3.05) is 32.8 Å². The number of ether oxygens (including phenoxy) is 1. The molecule has 0 radical (unpaired) electrons. The number of aliphatic hydroxyl groups is 1. The number of likely N-dealkylation sites (N-methyl/N-ethyl adjacent to an activating group) is 1. The summed E-state index contributed by atoms with van der Waals surface area (Å²) in [4.78, 5) is 30.1. The minimum atomic E-state index is -0.687. The summed E-state index contributed by atoms with van der Waals surface area (Å²) in [6, 6.07) is 11.8. The van der Waals surface area contributed by atoms with E-state index in [1.54, 1.807) is 23.1 Å². The quantitative estimate of drug-likeness (QED) is 0.323. The first-order chi connectivity index (χ1) is 15.8. The van der Waals surface area contributed by atoms with Gasteiger partial charge in [-0.05, 0) is 56.3 Å². The van der Waals surface area contributed by atoms with Gasteiger partial charge in [-0.1, -0.05) is 49.7 Å². The smallest absolute Gasteiger partial charge is 0.295 e. The molecule has 0 spiro atoms. The van der Waals surface area contributed by atoms with Gasteiger partial charge in [-0.3, -0.25) is 9.59 Å². The van der Waals surface area contributed by atoms with Crippen molar-refractivity contribution in [2.24, 2.45) is 0 Å². The van der Waals surface area contributed by atoms with Crippen LogP contribution in [-0.2, 0) is 9.59 Å². The SMILES string of the molecule is CCOc1cc(/C(O)=C2\C(=O)C(=O)N(CCN(CC)CC)C2c2ccccc2C)ccc1Cl. The van der Waals surface area contributed by atoms with Crippen molar-refractivity contribution in [1.29, 1.82) is 0 Å². The third kappa shape index (κ3) is 5.07. The van der Waals surface area contributed by atoms with Gasteiger partial charge < -0.3 is 19.6 Å². The van der Waals surface area contributed by atoms with Gasteiger partial charge in [-0.25, -0.2) is 0 Å². The maximum atomic E-state index is 13.2.